The van der Waals surface area contributed by atoms with E-state index in [0.717, 1.165) is 5.56 Å². The Morgan fingerprint density at radius 1 is 1.09 bits per heavy atom. The van der Waals surface area contributed by atoms with Gasteiger partial charge >= 0.3 is 0 Å². The number of benzene rings is 2. The molecule has 166 valence electrons. The van der Waals surface area contributed by atoms with E-state index in [1.165, 1.54) is 28.9 Å². The molecule has 32 heavy (non-hydrogen) atoms. The fraction of sp³-hybridized carbons (Fsp3) is 0.261. The van der Waals surface area contributed by atoms with Gasteiger partial charge in [-0.3, -0.25) is 4.99 Å². The van der Waals surface area contributed by atoms with Crippen LogP contribution in [0.1, 0.15) is 23.2 Å². The van der Waals surface area contributed by atoms with Crippen molar-refractivity contribution in [1.82, 2.24) is 20.4 Å². The normalized spacial score (nSPS) is 11.2. The quantitative estimate of drug-likeness (QED) is 0.286. The number of hydrogen-bond donors (Lipinski definition) is 3. The first kappa shape index (κ1) is 22.7. The number of hydrogen-bond acceptors (Lipinski definition) is 4. The molecule has 0 amide bonds. The summed E-state index contributed by atoms with van der Waals surface area (Å²) in [4.78, 5) is 4.18. The van der Waals surface area contributed by atoms with Gasteiger partial charge in [0, 0.05) is 20.1 Å². The first-order valence-corrected chi connectivity index (χ1v) is 10.2. The zero-order chi connectivity index (χ0) is 22.9. The maximum atomic E-state index is 13.3. The molecular weight excluding hydrogens is 412 g/mol. The Morgan fingerprint density at radius 2 is 1.84 bits per heavy atom. The Labute approximate surface area is 185 Å². The van der Waals surface area contributed by atoms with Crippen LogP contribution in [0, 0.1) is 23.0 Å². The molecule has 0 aliphatic carbocycles. The second-order valence-corrected chi connectivity index (χ2v) is 7.12. The monoisotopic (exact) mass is 437 g/mol. The Kier molecular flexibility index (Phi) is 7.75. The fourth-order valence-corrected chi connectivity index (χ4v) is 3.26. The lowest BCUT2D eigenvalue weighted by atomic mass is 10.1. The molecule has 3 rings (SSSR count). The number of nitrogens with zero attached hydrogens (tertiary/aromatic N) is 4. The number of nitrogens with two attached hydrogens (primary N) is 1. The second kappa shape index (κ2) is 10.9. The second-order valence-electron chi connectivity index (χ2n) is 7.12. The predicted octanol–water partition coefficient (Wildman–Crippen LogP) is 2.94. The molecule has 0 unspecified atom stereocenters. The summed E-state index contributed by atoms with van der Waals surface area (Å²) in [6.45, 7) is 1.22. The van der Waals surface area contributed by atoms with Crippen molar-refractivity contribution in [2.75, 3.05) is 25.9 Å². The third-order valence-corrected chi connectivity index (χ3v) is 4.88. The predicted molar refractivity (Wildman–Crippen MR) is 120 cm³/mol. The molecule has 9 heteroatoms. The molecule has 0 saturated heterocycles. The van der Waals surface area contributed by atoms with Crippen LogP contribution >= 0.6 is 0 Å². The van der Waals surface area contributed by atoms with Crippen molar-refractivity contribution in [2.45, 2.75) is 19.3 Å². The highest BCUT2D eigenvalue weighted by Crippen LogP contribution is 2.21. The molecule has 0 radical (unpaired) electrons. The lowest BCUT2D eigenvalue weighted by Gasteiger charge is -2.11. The number of halogens is 2. The number of aromatic nitrogens is 2. The lowest BCUT2D eigenvalue weighted by Crippen LogP contribution is -2.38. The molecule has 0 atom stereocenters. The topological polar surface area (TPSA) is 104 Å². The summed E-state index contributed by atoms with van der Waals surface area (Å²) < 4.78 is 27.9. The average molecular weight is 437 g/mol. The highest BCUT2D eigenvalue weighted by Gasteiger charge is 2.16. The number of aryl methyl sites for hydroxylation is 1. The van der Waals surface area contributed by atoms with Gasteiger partial charge in [-0.25, -0.2) is 13.5 Å². The van der Waals surface area contributed by atoms with Gasteiger partial charge in [-0.2, -0.15) is 10.4 Å². The smallest absolute Gasteiger partial charge is 0.190 e. The van der Waals surface area contributed by atoms with Gasteiger partial charge < -0.3 is 16.4 Å². The van der Waals surface area contributed by atoms with E-state index in [-0.39, 0.29) is 17.5 Å². The van der Waals surface area contributed by atoms with Gasteiger partial charge in [0.25, 0.3) is 0 Å². The number of aliphatic imine (C=N–C) groups is 1. The van der Waals surface area contributed by atoms with E-state index >= 15 is 0 Å². The van der Waals surface area contributed by atoms with Crippen LogP contribution in [0.15, 0.2) is 53.5 Å². The first-order chi connectivity index (χ1) is 15.5. The zero-order valence-electron chi connectivity index (χ0n) is 17.8. The van der Waals surface area contributed by atoms with Crippen LogP contribution in [-0.4, -0.2) is 35.9 Å². The largest absolute Gasteiger partial charge is 0.382 e. The van der Waals surface area contributed by atoms with Crippen molar-refractivity contribution in [3.05, 3.63) is 77.0 Å². The van der Waals surface area contributed by atoms with E-state index in [1.807, 2.05) is 6.07 Å². The number of nitrogen functional groups attached to an aromatic ring is 1. The van der Waals surface area contributed by atoms with Crippen LogP contribution in [0.3, 0.4) is 0 Å². The van der Waals surface area contributed by atoms with Crippen LogP contribution in [-0.2, 0) is 12.8 Å². The third-order valence-electron chi connectivity index (χ3n) is 4.88. The van der Waals surface area contributed by atoms with Crippen molar-refractivity contribution < 1.29 is 8.78 Å². The lowest BCUT2D eigenvalue weighted by molar-refractivity contribution is 0.624. The summed E-state index contributed by atoms with van der Waals surface area (Å²) in [5.41, 5.74) is 8.50. The molecular formula is C23H25F2N7. The Balaban J connectivity index is 1.50. The van der Waals surface area contributed by atoms with Gasteiger partial charge in [0.2, 0.25) is 0 Å². The molecule has 2 aromatic carbocycles. The number of nitrogens with one attached hydrogen (secondary N) is 2. The Morgan fingerprint density at radius 3 is 2.53 bits per heavy atom. The average Bonchev–Trinajstić information content (AvgIpc) is 3.11. The van der Waals surface area contributed by atoms with E-state index in [9.17, 15) is 14.0 Å². The van der Waals surface area contributed by atoms with Crippen molar-refractivity contribution in [3.63, 3.8) is 0 Å². The molecule has 4 N–H and O–H groups in total. The van der Waals surface area contributed by atoms with Gasteiger partial charge in [-0.1, -0.05) is 12.1 Å². The highest BCUT2D eigenvalue weighted by atomic mass is 19.1. The molecule has 3 aromatic rings. The molecule has 0 bridgehead atoms. The number of anilines is 1. The highest BCUT2D eigenvalue weighted by molar-refractivity contribution is 5.79. The van der Waals surface area contributed by atoms with Crippen molar-refractivity contribution in [1.29, 1.82) is 5.26 Å². The molecule has 0 aliphatic rings. The van der Waals surface area contributed by atoms with Crippen LogP contribution < -0.4 is 16.4 Å². The maximum Gasteiger partial charge on any atom is 0.190 e. The van der Waals surface area contributed by atoms with Crippen LogP contribution in [0.2, 0.25) is 0 Å². The molecule has 0 aliphatic heterocycles. The van der Waals surface area contributed by atoms with Gasteiger partial charge in [0.15, 0.2) is 5.96 Å². The molecule has 0 fully saturated rings. The molecule has 1 heterocycles. The summed E-state index contributed by atoms with van der Waals surface area (Å²) >= 11 is 0. The van der Waals surface area contributed by atoms with Crippen molar-refractivity contribution in [3.8, 4) is 11.8 Å². The molecule has 1 aromatic heterocycles. The maximum absolute atomic E-state index is 13.3. The minimum atomic E-state index is -0.357. The zero-order valence-corrected chi connectivity index (χ0v) is 17.8. The number of guanidine groups is 1. The van der Waals surface area contributed by atoms with Crippen LogP contribution in [0.25, 0.3) is 5.69 Å². The molecule has 7 nitrogen and oxygen atoms in total. The summed E-state index contributed by atoms with van der Waals surface area (Å²) in [5, 5.41) is 20.3. The van der Waals surface area contributed by atoms with E-state index in [1.54, 1.807) is 25.2 Å². The standard InChI is InChI=1S/C23H25F2N7/c1-28-23(30-13-11-16-4-2-5-18(25)14-16)29-12-3-6-21-20(15-26)22(27)32(31-21)19-9-7-17(24)8-10-19/h2,4-5,7-10,14H,3,6,11-13,27H2,1H3,(H2,28,29,30). The van der Waals surface area contributed by atoms with Gasteiger partial charge in [0.1, 0.15) is 29.1 Å². The summed E-state index contributed by atoms with van der Waals surface area (Å²) in [5.74, 6) is 0.267. The van der Waals surface area contributed by atoms with E-state index in [2.05, 4.69) is 26.8 Å². The fourth-order valence-electron chi connectivity index (χ4n) is 3.26. The minimum Gasteiger partial charge on any atom is -0.382 e. The molecule has 0 spiro atoms. The Bertz CT molecular complexity index is 1110. The Hall–Kier alpha value is -3.93. The van der Waals surface area contributed by atoms with Crippen LogP contribution in [0.4, 0.5) is 14.6 Å². The van der Waals surface area contributed by atoms with Crippen molar-refractivity contribution >= 4 is 11.8 Å². The van der Waals surface area contributed by atoms with Gasteiger partial charge in [0.05, 0.1) is 11.4 Å². The summed E-state index contributed by atoms with van der Waals surface area (Å²) in [7, 11) is 1.68. The minimum absolute atomic E-state index is 0.233. The molecule has 0 saturated carbocycles. The number of nitriles is 1. The third kappa shape index (κ3) is 5.82. The summed E-state index contributed by atoms with van der Waals surface area (Å²) in [6, 6.07) is 14.4. The van der Waals surface area contributed by atoms with E-state index < -0.39 is 0 Å². The number of rotatable bonds is 8. The van der Waals surface area contributed by atoms with Crippen molar-refractivity contribution in [2.24, 2.45) is 4.99 Å². The van der Waals surface area contributed by atoms with Crippen LogP contribution in [0.5, 0.6) is 0 Å². The van der Waals surface area contributed by atoms with Gasteiger partial charge in [-0.15, -0.1) is 0 Å². The van der Waals surface area contributed by atoms with E-state index in [0.29, 0.717) is 55.3 Å². The SMILES string of the molecule is CN=C(NCCCc1nn(-c2ccc(F)cc2)c(N)c1C#N)NCCc1cccc(F)c1. The first-order valence-electron chi connectivity index (χ1n) is 10.2. The summed E-state index contributed by atoms with van der Waals surface area (Å²) in [6.07, 6.45) is 1.90. The van der Waals surface area contributed by atoms with E-state index in [4.69, 9.17) is 5.73 Å². The van der Waals surface area contributed by atoms with Gasteiger partial charge in [-0.05, 0) is 61.2 Å².